The lowest BCUT2D eigenvalue weighted by atomic mass is 10.1. The molecule has 2 aromatic rings. The van der Waals surface area contributed by atoms with Crippen LogP contribution in [-0.4, -0.2) is 17.6 Å². The van der Waals surface area contributed by atoms with Gasteiger partial charge in [-0.2, -0.15) is 0 Å². The number of nitrogens with one attached hydrogen (secondary N) is 1. The first-order valence-electron chi connectivity index (χ1n) is 6.21. The van der Waals surface area contributed by atoms with Gasteiger partial charge in [0.2, 0.25) is 0 Å². The van der Waals surface area contributed by atoms with Crippen molar-refractivity contribution < 1.29 is 0 Å². The van der Waals surface area contributed by atoms with Crippen molar-refractivity contribution in [2.45, 2.75) is 26.3 Å². The fourth-order valence-corrected chi connectivity index (χ4v) is 2.69. The Labute approximate surface area is 112 Å². The molecule has 0 spiro atoms. The van der Waals surface area contributed by atoms with Crippen molar-refractivity contribution in [1.29, 1.82) is 0 Å². The summed E-state index contributed by atoms with van der Waals surface area (Å²) >= 11 is 1.59. The summed E-state index contributed by atoms with van der Waals surface area (Å²) in [7, 11) is 0. The SMILES string of the molecule is CC(C)NCCc1sc(N)nc1-c1ccccc1. The Balaban J connectivity index is 2.16. The number of nitrogen functional groups attached to an aromatic ring is 1. The van der Waals surface area contributed by atoms with E-state index in [1.54, 1.807) is 11.3 Å². The van der Waals surface area contributed by atoms with Crippen LogP contribution in [0.2, 0.25) is 0 Å². The van der Waals surface area contributed by atoms with Gasteiger partial charge in [0, 0.05) is 23.0 Å². The van der Waals surface area contributed by atoms with Crippen molar-refractivity contribution in [2.24, 2.45) is 0 Å². The van der Waals surface area contributed by atoms with E-state index in [4.69, 9.17) is 5.73 Å². The van der Waals surface area contributed by atoms with Gasteiger partial charge >= 0.3 is 0 Å². The maximum absolute atomic E-state index is 5.84. The summed E-state index contributed by atoms with van der Waals surface area (Å²) in [6.07, 6.45) is 0.970. The second-order valence-corrected chi connectivity index (χ2v) is 5.66. The molecule has 0 amide bonds. The van der Waals surface area contributed by atoms with Crippen molar-refractivity contribution >= 4 is 16.5 Å². The summed E-state index contributed by atoms with van der Waals surface area (Å²) in [6, 6.07) is 10.7. The number of anilines is 1. The van der Waals surface area contributed by atoms with E-state index in [1.165, 1.54) is 4.88 Å². The third kappa shape index (κ3) is 3.31. The predicted molar refractivity (Wildman–Crippen MR) is 78.8 cm³/mol. The highest BCUT2D eigenvalue weighted by molar-refractivity contribution is 7.15. The largest absolute Gasteiger partial charge is 0.375 e. The van der Waals surface area contributed by atoms with Crippen LogP contribution in [0.5, 0.6) is 0 Å². The summed E-state index contributed by atoms with van der Waals surface area (Å²) in [5, 5.41) is 4.07. The monoisotopic (exact) mass is 261 g/mol. The number of nitrogens with two attached hydrogens (primary N) is 1. The molecular weight excluding hydrogens is 242 g/mol. The lowest BCUT2D eigenvalue weighted by molar-refractivity contribution is 0.592. The smallest absolute Gasteiger partial charge is 0.180 e. The molecule has 96 valence electrons. The highest BCUT2D eigenvalue weighted by Gasteiger charge is 2.11. The predicted octanol–water partition coefficient (Wildman–Crippen LogP) is 2.93. The number of benzene rings is 1. The molecule has 3 nitrogen and oxygen atoms in total. The van der Waals surface area contributed by atoms with E-state index in [1.807, 2.05) is 18.2 Å². The van der Waals surface area contributed by atoms with Gasteiger partial charge in [-0.1, -0.05) is 44.2 Å². The van der Waals surface area contributed by atoms with Crippen LogP contribution in [0.25, 0.3) is 11.3 Å². The molecule has 0 atom stereocenters. The van der Waals surface area contributed by atoms with E-state index in [2.05, 4.69) is 36.3 Å². The van der Waals surface area contributed by atoms with Gasteiger partial charge in [-0.3, -0.25) is 0 Å². The molecule has 0 fully saturated rings. The number of hydrogen-bond donors (Lipinski definition) is 2. The maximum Gasteiger partial charge on any atom is 0.180 e. The molecule has 0 radical (unpaired) electrons. The van der Waals surface area contributed by atoms with Crippen LogP contribution in [0.4, 0.5) is 5.13 Å². The quantitative estimate of drug-likeness (QED) is 0.870. The number of aromatic nitrogens is 1. The topological polar surface area (TPSA) is 50.9 Å². The molecule has 0 aliphatic rings. The minimum Gasteiger partial charge on any atom is -0.375 e. The minimum atomic E-state index is 0.510. The van der Waals surface area contributed by atoms with Gasteiger partial charge in [0.15, 0.2) is 5.13 Å². The molecule has 0 bridgehead atoms. The standard InChI is InChI=1S/C14H19N3S/c1-10(2)16-9-8-12-13(17-14(15)18-12)11-6-4-3-5-7-11/h3-7,10,16H,8-9H2,1-2H3,(H2,15,17). The van der Waals surface area contributed by atoms with Crippen LogP contribution >= 0.6 is 11.3 Å². The van der Waals surface area contributed by atoms with Crippen molar-refractivity contribution in [3.8, 4) is 11.3 Å². The molecule has 4 heteroatoms. The Bertz CT molecular complexity index is 491. The zero-order valence-corrected chi connectivity index (χ0v) is 11.6. The van der Waals surface area contributed by atoms with E-state index < -0.39 is 0 Å². The van der Waals surface area contributed by atoms with Crippen LogP contribution in [0.15, 0.2) is 30.3 Å². The first kappa shape index (κ1) is 13.1. The number of hydrogen-bond acceptors (Lipinski definition) is 4. The minimum absolute atomic E-state index is 0.510. The van der Waals surface area contributed by atoms with Crippen molar-refractivity contribution in [3.63, 3.8) is 0 Å². The molecule has 2 rings (SSSR count). The number of nitrogens with zero attached hydrogens (tertiary/aromatic N) is 1. The van der Waals surface area contributed by atoms with Gasteiger partial charge in [0.1, 0.15) is 0 Å². The zero-order chi connectivity index (χ0) is 13.0. The van der Waals surface area contributed by atoms with Crippen LogP contribution in [-0.2, 0) is 6.42 Å². The summed E-state index contributed by atoms with van der Waals surface area (Å²) in [5.74, 6) is 0. The summed E-state index contributed by atoms with van der Waals surface area (Å²) in [5.41, 5.74) is 8.01. The van der Waals surface area contributed by atoms with Gasteiger partial charge in [0.25, 0.3) is 0 Å². The molecule has 3 N–H and O–H groups in total. The Morgan fingerprint density at radius 2 is 2.00 bits per heavy atom. The van der Waals surface area contributed by atoms with E-state index >= 15 is 0 Å². The lowest BCUT2D eigenvalue weighted by Gasteiger charge is -2.07. The average Bonchev–Trinajstić information content (AvgIpc) is 2.71. The van der Waals surface area contributed by atoms with E-state index in [0.29, 0.717) is 11.2 Å². The summed E-state index contributed by atoms with van der Waals surface area (Å²) < 4.78 is 0. The average molecular weight is 261 g/mol. The van der Waals surface area contributed by atoms with Crippen LogP contribution in [0, 0.1) is 0 Å². The Kier molecular flexibility index (Phi) is 4.33. The highest BCUT2D eigenvalue weighted by Crippen LogP contribution is 2.29. The highest BCUT2D eigenvalue weighted by atomic mass is 32.1. The number of thiazole rings is 1. The van der Waals surface area contributed by atoms with Gasteiger partial charge < -0.3 is 11.1 Å². The number of rotatable bonds is 5. The Morgan fingerprint density at radius 3 is 2.67 bits per heavy atom. The molecule has 1 aromatic heterocycles. The van der Waals surface area contributed by atoms with Crippen LogP contribution < -0.4 is 11.1 Å². The molecule has 18 heavy (non-hydrogen) atoms. The second kappa shape index (κ2) is 5.98. The zero-order valence-electron chi connectivity index (χ0n) is 10.8. The third-order valence-electron chi connectivity index (χ3n) is 2.67. The lowest BCUT2D eigenvalue weighted by Crippen LogP contribution is -2.24. The molecule has 1 heterocycles. The Morgan fingerprint density at radius 1 is 1.28 bits per heavy atom. The van der Waals surface area contributed by atoms with Gasteiger partial charge in [-0.25, -0.2) is 4.98 Å². The van der Waals surface area contributed by atoms with Gasteiger partial charge in [-0.15, -0.1) is 11.3 Å². The van der Waals surface area contributed by atoms with Crippen LogP contribution in [0.3, 0.4) is 0 Å². The molecule has 0 saturated heterocycles. The van der Waals surface area contributed by atoms with Gasteiger partial charge in [-0.05, 0) is 6.42 Å². The fraction of sp³-hybridized carbons (Fsp3) is 0.357. The summed E-state index contributed by atoms with van der Waals surface area (Å²) in [6.45, 7) is 5.26. The summed E-state index contributed by atoms with van der Waals surface area (Å²) in [4.78, 5) is 5.70. The molecule has 0 aliphatic heterocycles. The van der Waals surface area contributed by atoms with Crippen molar-refractivity contribution in [1.82, 2.24) is 10.3 Å². The van der Waals surface area contributed by atoms with E-state index in [9.17, 15) is 0 Å². The molecule has 0 aliphatic carbocycles. The molecule has 0 unspecified atom stereocenters. The molecular formula is C14H19N3S. The van der Waals surface area contributed by atoms with Gasteiger partial charge in [0.05, 0.1) is 5.69 Å². The molecule has 0 saturated carbocycles. The van der Waals surface area contributed by atoms with Crippen molar-refractivity contribution in [3.05, 3.63) is 35.2 Å². The fourth-order valence-electron chi connectivity index (χ4n) is 1.84. The normalized spacial score (nSPS) is 11.1. The maximum atomic E-state index is 5.84. The van der Waals surface area contributed by atoms with Crippen LogP contribution in [0.1, 0.15) is 18.7 Å². The third-order valence-corrected chi connectivity index (χ3v) is 3.61. The molecule has 1 aromatic carbocycles. The van der Waals surface area contributed by atoms with E-state index in [0.717, 1.165) is 24.2 Å². The second-order valence-electron chi connectivity index (χ2n) is 4.55. The van der Waals surface area contributed by atoms with E-state index in [-0.39, 0.29) is 0 Å². The first-order chi connectivity index (χ1) is 8.66. The van der Waals surface area contributed by atoms with Crippen molar-refractivity contribution in [2.75, 3.05) is 12.3 Å². The Hall–Kier alpha value is -1.39. The first-order valence-corrected chi connectivity index (χ1v) is 7.02.